The van der Waals surface area contributed by atoms with Crippen molar-refractivity contribution in [3.63, 3.8) is 0 Å². The first-order valence-corrected chi connectivity index (χ1v) is 7.37. The van der Waals surface area contributed by atoms with E-state index in [4.69, 9.17) is 0 Å². The second-order valence-corrected chi connectivity index (χ2v) is 4.73. The highest BCUT2D eigenvalue weighted by atomic mass is 14.4. The number of hydrogen-bond donors (Lipinski definition) is 0. The van der Waals surface area contributed by atoms with Gasteiger partial charge < -0.3 is 0 Å². The molecule has 0 nitrogen and oxygen atoms in total. The number of hydrogen-bond acceptors (Lipinski definition) is 0. The highest BCUT2D eigenvalue weighted by molar-refractivity contribution is 5.49. The summed E-state index contributed by atoms with van der Waals surface area (Å²) >= 11 is 0. The molecule has 1 aromatic rings. The van der Waals surface area contributed by atoms with Crippen molar-refractivity contribution in [3.8, 4) is 0 Å². The Bertz CT molecular complexity index is 328. The van der Waals surface area contributed by atoms with E-state index in [1.165, 1.54) is 30.4 Å². The van der Waals surface area contributed by atoms with Gasteiger partial charge in [0, 0.05) is 0 Å². The lowest BCUT2D eigenvalue weighted by Gasteiger charge is -2.19. The summed E-state index contributed by atoms with van der Waals surface area (Å²) in [6.45, 7) is 12.6. The van der Waals surface area contributed by atoms with Crippen LogP contribution in [0.5, 0.6) is 0 Å². The maximum atomic E-state index is 2.30. The predicted octanol–water partition coefficient (Wildman–Crippen LogP) is 5.72. The number of aryl methyl sites for hydroxylation is 2. The molecular formula is C17H28. The van der Waals surface area contributed by atoms with Gasteiger partial charge in [-0.05, 0) is 67.2 Å². The zero-order valence-electron chi connectivity index (χ0n) is 12.4. The van der Waals surface area contributed by atoms with E-state index >= 15 is 0 Å². The second-order valence-electron chi connectivity index (χ2n) is 4.73. The summed E-state index contributed by atoms with van der Waals surface area (Å²) in [5.74, 6) is 1.83. The van der Waals surface area contributed by atoms with Crippen molar-refractivity contribution in [1.82, 2.24) is 0 Å². The van der Waals surface area contributed by atoms with E-state index in [0.717, 1.165) is 11.8 Å². The third kappa shape index (κ3) is 2.41. The van der Waals surface area contributed by atoms with Gasteiger partial charge in [0.05, 0.1) is 0 Å². The van der Waals surface area contributed by atoms with E-state index in [-0.39, 0.29) is 0 Å². The largest absolute Gasteiger partial charge is 0.0683 e. The normalized spacial score (nSPS) is 23.2. The maximum Gasteiger partial charge on any atom is -0.0150 e. The Balaban J connectivity index is 0.000000330. The van der Waals surface area contributed by atoms with Crippen LogP contribution in [0.1, 0.15) is 81.0 Å². The highest BCUT2D eigenvalue weighted by Gasteiger charge is 2.38. The van der Waals surface area contributed by atoms with Gasteiger partial charge >= 0.3 is 0 Å². The molecule has 0 aromatic heterocycles. The standard InChI is InChI=1S/C13H16.2C2H6/c1-8-3-4-9(2)13-11-6-5-10(7-11)12(8)13;2*1-2/h3-4,10-11H,5-7H2,1-2H3;2*1-2H3. The SMILES string of the molecule is CC.CC.Cc1ccc(C)c2c1C1CCC2C1. The molecule has 2 aliphatic rings. The summed E-state index contributed by atoms with van der Waals surface area (Å²) < 4.78 is 0. The van der Waals surface area contributed by atoms with Gasteiger partial charge in [-0.25, -0.2) is 0 Å². The van der Waals surface area contributed by atoms with Crippen LogP contribution in [0.3, 0.4) is 0 Å². The van der Waals surface area contributed by atoms with Gasteiger partial charge in [0.15, 0.2) is 0 Å². The lowest BCUT2D eigenvalue weighted by molar-refractivity contribution is 0.710. The van der Waals surface area contributed by atoms with E-state index < -0.39 is 0 Å². The van der Waals surface area contributed by atoms with Gasteiger partial charge in [-0.1, -0.05) is 39.8 Å². The Morgan fingerprint density at radius 2 is 1.12 bits per heavy atom. The van der Waals surface area contributed by atoms with Crippen molar-refractivity contribution in [3.05, 3.63) is 34.4 Å². The Morgan fingerprint density at radius 3 is 1.47 bits per heavy atom. The van der Waals surface area contributed by atoms with Crippen molar-refractivity contribution in [2.24, 2.45) is 0 Å². The molecule has 2 atom stereocenters. The Kier molecular flexibility index (Phi) is 5.24. The van der Waals surface area contributed by atoms with Crippen molar-refractivity contribution in [1.29, 1.82) is 0 Å². The second kappa shape index (κ2) is 6.23. The third-order valence-electron chi connectivity index (χ3n) is 3.97. The first-order chi connectivity index (χ1) is 8.27. The summed E-state index contributed by atoms with van der Waals surface area (Å²) in [6, 6.07) is 4.60. The predicted molar refractivity (Wildman–Crippen MR) is 77.9 cm³/mol. The van der Waals surface area contributed by atoms with Gasteiger partial charge in [0.25, 0.3) is 0 Å². The summed E-state index contributed by atoms with van der Waals surface area (Å²) in [7, 11) is 0. The van der Waals surface area contributed by atoms with Crippen LogP contribution in [-0.2, 0) is 0 Å². The smallest absolute Gasteiger partial charge is 0.0150 e. The molecule has 2 unspecified atom stereocenters. The number of rotatable bonds is 0. The van der Waals surface area contributed by atoms with Crippen LogP contribution in [0.25, 0.3) is 0 Å². The zero-order valence-corrected chi connectivity index (χ0v) is 12.4. The van der Waals surface area contributed by atoms with Gasteiger partial charge in [0.2, 0.25) is 0 Å². The lowest BCUT2D eigenvalue weighted by Crippen LogP contribution is -2.02. The fourth-order valence-electron chi connectivity index (χ4n) is 3.44. The molecule has 0 saturated heterocycles. The third-order valence-corrected chi connectivity index (χ3v) is 3.97. The van der Waals surface area contributed by atoms with Crippen LogP contribution in [0.4, 0.5) is 0 Å². The quantitative estimate of drug-likeness (QED) is 0.536. The molecule has 96 valence electrons. The lowest BCUT2D eigenvalue weighted by atomic mass is 9.86. The summed E-state index contributed by atoms with van der Waals surface area (Å²) in [4.78, 5) is 0. The minimum Gasteiger partial charge on any atom is -0.0683 e. The van der Waals surface area contributed by atoms with Crippen molar-refractivity contribution < 1.29 is 0 Å². The van der Waals surface area contributed by atoms with E-state index in [2.05, 4.69) is 26.0 Å². The average molecular weight is 232 g/mol. The molecule has 3 rings (SSSR count). The Labute approximate surface area is 107 Å². The fraction of sp³-hybridized carbons (Fsp3) is 0.647. The number of fused-ring (bicyclic) bond motifs is 5. The maximum absolute atomic E-state index is 2.30. The molecule has 0 spiro atoms. The molecule has 2 bridgehead atoms. The molecule has 17 heavy (non-hydrogen) atoms. The van der Waals surface area contributed by atoms with Crippen LogP contribution in [0.2, 0.25) is 0 Å². The van der Waals surface area contributed by atoms with E-state index in [1.807, 2.05) is 27.7 Å². The van der Waals surface area contributed by atoms with E-state index in [0.29, 0.717) is 0 Å². The molecule has 0 heterocycles. The zero-order chi connectivity index (χ0) is 13.0. The number of benzene rings is 1. The monoisotopic (exact) mass is 232 g/mol. The van der Waals surface area contributed by atoms with Gasteiger partial charge in [0.1, 0.15) is 0 Å². The van der Waals surface area contributed by atoms with E-state index in [1.54, 1.807) is 11.1 Å². The molecule has 0 N–H and O–H groups in total. The topological polar surface area (TPSA) is 0 Å². The molecule has 1 fully saturated rings. The van der Waals surface area contributed by atoms with Crippen LogP contribution < -0.4 is 0 Å². The molecule has 2 aliphatic carbocycles. The molecule has 0 aliphatic heterocycles. The van der Waals surface area contributed by atoms with Crippen LogP contribution in [-0.4, -0.2) is 0 Å². The molecule has 1 saturated carbocycles. The van der Waals surface area contributed by atoms with Crippen molar-refractivity contribution in [2.75, 3.05) is 0 Å². The molecule has 0 radical (unpaired) electrons. The minimum absolute atomic E-state index is 0.917. The fourth-order valence-corrected chi connectivity index (χ4v) is 3.44. The first kappa shape index (κ1) is 14.3. The van der Waals surface area contributed by atoms with Crippen LogP contribution in [0, 0.1) is 13.8 Å². The molecule has 0 amide bonds. The summed E-state index contributed by atoms with van der Waals surface area (Å²) in [5, 5.41) is 0. The average Bonchev–Trinajstić information content (AvgIpc) is 3.00. The molecular weight excluding hydrogens is 204 g/mol. The van der Waals surface area contributed by atoms with Gasteiger partial charge in [-0.2, -0.15) is 0 Å². The van der Waals surface area contributed by atoms with Crippen molar-refractivity contribution >= 4 is 0 Å². The van der Waals surface area contributed by atoms with Crippen LogP contribution >= 0.6 is 0 Å². The highest BCUT2D eigenvalue weighted by Crippen LogP contribution is 2.54. The van der Waals surface area contributed by atoms with E-state index in [9.17, 15) is 0 Å². The van der Waals surface area contributed by atoms with Crippen LogP contribution in [0.15, 0.2) is 12.1 Å². The first-order valence-electron chi connectivity index (χ1n) is 7.37. The summed E-state index contributed by atoms with van der Waals surface area (Å²) in [5.41, 5.74) is 6.51. The Hall–Kier alpha value is -0.780. The Morgan fingerprint density at radius 1 is 0.765 bits per heavy atom. The molecule has 0 heteroatoms. The van der Waals surface area contributed by atoms with Crippen molar-refractivity contribution in [2.45, 2.75) is 72.6 Å². The minimum atomic E-state index is 0.917. The molecule has 1 aromatic carbocycles. The summed E-state index contributed by atoms with van der Waals surface area (Å²) in [6.07, 6.45) is 4.34. The van der Waals surface area contributed by atoms with Gasteiger partial charge in [-0.15, -0.1) is 0 Å². The van der Waals surface area contributed by atoms with Gasteiger partial charge in [-0.3, -0.25) is 0 Å².